The lowest BCUT2D eigenvalue weighted by atomic mass is 9.57. The first-order valence-electron chi connectivity index (χ1n) is 10.4. The number of aromatic amines is 1. The predicted molar refractivity (Wildman–Crippen MR) is 106 cm³/mol. The molecule has 2 amide bonds. The van der Waals surface area contributed by atoms with Crippen molar-refractivity contribution in [3.63, 3.8) is 0 Å². The summed E-state index contributed by atoms with van der Waals surface area (Å²) in [5.74, 6) is -1.98. The van der Waals surface area contributed by atoms with E-state index in [1.54, 1.807) is 11.8 Å². The van der Waals surface area contributed by atoms with Gasteiger partial charge in [0.2, 0.25) is 11.8 Å². The molecule has 9 heteroatoms. The number of aliphatic carboxylic acids is 1. The molecule has 2 bridgehead atoms. The van der Waals surface area contributed by atoms with Gasteiger partial charge in [-0.25, -0.2) is 0 Å². The first kappa shape index (κ1) is 18.2. The molecule has 154 valence electrons. The Morgan fingerprint density at radius 1 is 1.10 bits per heavy atom. The number of amides is 2. The number of thioether (sulfide) groups is 1. The van der Waals surface area contributed by atoms with Gasteiger partial charge in [-0.05, 0) is 37.0 Å². The molecule has 1 aromatic heterocycles. The summed E-state index contributed by atoms with van der Waals surface area (Å²) in [6, 6.07) is 0. The number of imide groups is 1. The molecule has 7 nitrogen and oxygen atoms in total. The molecule has 1 spiro atoms. The minimum absolute atomic E-state index is 0.0141. The van der Waals surface area contributed by atoms with Gasteiger partial charge in [0.05, 0.1) is 16.9 Å². The smallest absolute Gasteiger partial charge is 0.323 e. The molecule has 6 atom stereocenters. The molecule has 2 N–H and O–H groups in total. The van der Waals surface area contributed by atoms with E-state index < -0.39 is 12.5 Å². The summed E-state index contributed by atoms with van der Waals surface area (Å²) in [5, 5.41) is 10.4. The monoisotopic (exact) mass is 434 g/mol. The van der Waals surface area contributed by atoms with E-state index in [4.69, 9.17) is 5.11 Å². The van der Waals surface area contributed by atoms with Crippen LogP contribution in [0.3, 0.4) is 0 Å². The molecule has 3 saturated carbocycles. The second-order valence-corrected chi connectivity index (χ2v) is 11.4. The normalized spacial score (nSPS) is 39.0. The highest BCUT2D eigenvalue weighted by molar-refractivity contribution is 8.00. The van der Waals surface area contributed by atoms with Gasteiger partial charge in [0.25, 0.3) is 0 Å². The van der Waals surface area contributed by atoms with E-state index in [0.29, 0.717) is 5.92 Å². The third kappa shape index (κ3) is 2.20. The summed E-state index contributed by atoms with van der Waals surface area (Å²) < 4.78 is 0. The van der Waals surface area contributed by atoms with Crippen LogP contribution in [0.4, 0.5) is 0 Å². The van der Waals surface area contributed by atoms with Gasteiger partial charge in [0.1, 0.15) is 6.54 Å². The quantitative estimate of drug-likeness (QED) is 0.690. The zero-order valence-corrected chi connectivity index (χ0v) is 17.4. The number of fused-ring (bicyclic) bond motifs is 11. The second-order valence-electron chi connectivity index (χ2n) is 9.27. The van der Waals surface area contributed by atoms with E-state index in [1.807, 2.05) is 0 Å². The number of rotatable bonds is 2. The van der Waals surface area contributed by atoms with E-state index >= 15 is 0 Å². The molecule has 3 heterocycles. The molecule has 29 heavy (non-hydrogen) atoms. The minimum Gasteiger partial charge on any atom is -0.480 e. The molecule has 6 rings (SSSR count). The van der Waals surface area contributed by atoms with Gasteiger partial charge >= 0.3 is 10.8 Å². The van der Waals surface area contributed by atoms with Crippen LogP contribution in [0.25, 0.3) is 0 Å². The predicted octanol–water partition coefficient (Wildman–Crippen LogP) is 2.06. The number of carboxylic acids is 1. The van der Waals surface area contributed by atoms with Gasteiger partial charge in [0.15, 0.2) is 0 Å². The summed E-state index contributed by atoms with van der Waals surface area (Å²) >= 11 is 3.04. The van der Waals surface area contributed by atoms with Crippen molar-refractivity contribution in [3.05, 3.63) is 14.5 Å². The van der Waals surface area contributed by atoms with Crippen molar-refractivity contribution in [1.82, 2.24) is 9.88 Å². The topological polar surface area (TPSA) is 108 Å². The summed E-state index contributed by atoms with van der Waals surface area (Å²) in [5.41, 5.74) is -0.0682. The summed E-state index contributed by atoms with van der Waals surface area (Å²) in [6.07, 6.45) is 6.40. The first-order valence-corrected chi connectivity index (χ1v) is 12.1. The third-order valence-electron chi connectivity index (χ3n) is 8.19. The van der Waals surface area contributed by atoms with Crippen LogP contribution >= 0.6 is 23.1 Å². The van der Waals surface area contributed by atoms with Gasteiger partial charge in [-0.15, -0.1) is 11.8 Å². The van der Waals surface area contributed by atoms with Crippen molar-refractivity contribution < 1.29 is 19.5 Å². The van der Waals surface area contributed by atoms with Crippen molar-refractivity contribution in [2.75, 3.05) is 6.54 Å². The van der Waals surface area contributed by atoms with Crippen molar-refractivity contribution >= 4 is 40.9 Å². The zero-order chi connectivity index (χ0) is 20.1. The Morgan fingerprint density at radius 2 is 1.79 bits per heavy atom. The highest BCUT2D eigenvalue weighted by atomic mass is 32.2. The van der Waals surface area contributed by atoms with Crippen LogP contribution in [0, 0.1) is 29.6 Å². The first-order chi connectivity index (χ1) is 13.9. The number of hydrogen-bond donors (Lipinski definition) is 2. The van der Waals surface area contributed by atoms with Crippen LogP contribution < -0.4 is 4.87 Å². The standard InChI is InChI=1S/C20H22N2O5S2/c23-10(24)7-22-17(25)11-8-6-9(12(11)18(22)26)14-13(8)20(4-2-1-3-5-20)15-16(28-14)21-19(27)29-15/h8-9,11-14H,1-7H2,(H,21,27)(H,23,24)/t8-,9-,11+,12+,13+,14+/m0/s1. The van der Waals surface area contributed by atoms with Crippen molar-refractivity contribution in [1.29, 1.82) is 0 Å². The number of aromatic nitrogens is 1. The maximum atomic E-state index is 13.1. The highest BCUT2D eigenvalue weighted by Gasteiger charge is 2.72. The minimum atomic E-state index is -1.14. The molecular weight excluding hydrogens is 412 g/mol. The molecule has 1 saturated heterocycles. The molecular formula is C20H22N2O5S2. The van der Waals surface area contributed by atoms with E-state index in [9.17, 15) is 19.2 Å². The lowest BCUT2D eigenvalue weighted by molar-refractivity contribution is -0.150. The number of thiazole rings is 1. The Hall–Kier alpha value is -1.61. The Bertz CT molecular complexity index is 993. The van der Waals surface area contributed by atoms with Crippen LogP contribution in [-0.2, 0) is 19.8 Å². The molecule has 2 aliphatic heterocycles. The number of nitrogens with one attached hydrogen (secondary N) is 1. The second kappa shape index (κ2) is 5.97. The summed E-state index contributed by atoms with van der Waals surface area (Å²) in [6.45, 7) is -0.529. The van der Waals surface area contributed by atoms with Crippen molar-refractivity contribution in [3.8, 4) is 0 Å². The van der Waals surface area contributed by atoms with Gasteiger partial charge in [-0.2, -0.15) is 0 Å². The van der Waals surface area contributed by atoms with Gasteiger partial charge in [-0.3, -0.25) is 24.1 Å². The number of carboxylic acid groups (broad SMARTS) is 1. The lowest BCUT2D eigenvalue weighted by Crippen LogP contribution is -2.51. The maximum absolute atomic E-state index is 13.1. The van der Waals surface area contributed by atoms with Gasteiger partial charge in [0, 0.05) is 15.5 Å². The average molecular weight is 435 g/mol. The fraction of sp³-hybridized carbons (Fsp3) is 0.700. The molecule has 0 radical (unpaired) electrons. The zero-order valence-electron chi connectivity index (χ0n) is 15.8. The number of carbonyl (C=O) groups is 3. The fourth-order valence-electron chi connectivity index (χ4n) is 7.43. The van der Waals surface area contributed by atoms with Crippen LogP contribution in [0.1, 0.15) is 43.4 Å². The molecule has 0 unspecified atom stereocenters. The lowest BCUT2D eigenvalue weighted by Gasteiger charge is -2.52. The molecule has 1 aromatic rings. The van der Waals surface area contributed by atoms with Crippen molar-refractivity contribution in [2.24, 2.45) is 29.6 Å². The summed E-state index contributed by atoms with van der Waals surface area (Å²) in [7, 11) is 0. The Kier molecular flexibility index (Phi) is 3.74. The van der Waals surface area contributed by atoms with E-state index in [-0.39, 0.29) is 51.0 Å². The number of likely N-dealkylation sites (tertiary alicyclic amines) is 1. The number of nitrogens with zero attached hydrogens (tertiary/aromatic N) is 1. The SMILES string of the molecule is O=C(O)CN1C(=O)[C@@H]2[C@@H]3C[C@@H]([C@H]2C1=O)[C@@H]1[C@@H]3Sc2[nH]c(=O)sc2C12CCCCC2. The Morgan fingerprint density at radius 3 is 2.48 bits per heavy atom. The van der Waals surface area contributed by atoms with Crippen LogP contribution in [0.2, 0.25) is 0 Å². The number of hydrogen-bond acceptors (Lipinski definition) is 6. The van der Waals surface area contributed by atoms with Crippen LogP contribution in [-0.4, -0.2) is 44.6 Å². The Labute approximate surface area is 175 Å². The Balaban J connectivity index is 1.45. The van der Waals surface area contributed by atoms with Gasteiger partial charge in [-0.1, -0.05) is 30.6 Å². The summed E-state index contributed by atoms with van der Waals surface area (Å²) in [4.78, 5) is 54.7. The average Bonchev–Trinajstić information content (AvgIpc) is 3.41. The largest absolute Gasteiger partial charge is 0.480 e. The molecule has 0 aromatic carbocycles. The third-order valence-corrected chi connectivity index (χ3v) is 10.9. The molecule has 3 aliphatic carbocycles. The van der Waals surface area contributed by atoms with Crippen LogP contribution in [0.5, 0.6) is 0 Å². The molecule has 4 fully saturated rings. The molecule has 5 aliphatic rings. The van der Waals surface area contributed by atoms with Crippen LogP contribution in [0.15, 0.2) is 9.82 Å². The van der Waals surface area contributed by atoms with E-state index in [2.05, 4.69) is 4.98 Å². The van der Waals surface area contributed by atoms with Crippen molar-refractivity contribution in [2.45, 2.75) is 54.2 Å². The highest BCUT2D eigenvalue weighted by Crippen LogP contribution is 2.71. The van der Waals surface area contributed by atoms with E-state index in [1.165, 1.54) is 22.6 Å². The van der Waals surface area contributed by atoms with Gasteiger partial charge < -0.3 is 10.1 Å². The maximum Gasteiger partial charge on any atom is 0.323 e. The van der Waals surface area contributed by atoms with E-state index in [0.717, 1.165) is 42.0 Å². The number of carbonyl (C=O) groups excluding carboxylic acids is 2. The number of H-pyrrole nitrogens is 1. The fourth-order valence-corrected chi connectivity index (χ4v) is 10.6.